The van der Waals surface area contributed by atoms with Gasteiger partial charge in [0.25, 0.3) is 10.0 Å². The predicted octanol–water partition coefficient (Wildman–Crippen LogP) is 4.12. The number of anilines is 4. The van der Waals surface area contributed by atoms with Crippen LogP contribution in [0, 0.1) is 0 Å². The first kappa shape index (κ1) is 27.5. The zero-order valence-electron chi connectivity index (χ0n) is 22.6. The van der Waals surface area contributed by atoms with Crippen LogP contribution in [0.4, 0.5) is 23.1 Å². The summed E-state index contributed by atoms with van der Waals surface area (Å²) < 4.78 is 41.0. The lowest BCUT2D eigenvalue weighted by Gasteiger charge is -2.26. The SMILES string of the molecule is CCn1cnc2c(Nc3ccc(S(=O)(=O)Nc4ccc(OC)c(OC)c4)cc3)nc(N[C@H]3CC[C@H](O)CC3)nc21. The van der Waals surface area contributed by atoms with Crippen LogP contribution in [0.15, 0.2) is 53.7 Å². The van der Waals surface area contributed by atoms with Crippen LogP contribution in [0.5, 0.6) is 11.5 Å². The average molecular weight is 568 g/mol. The summed E-state index contributed by atoms with van der Waals surface area (Å²) in [6.07, 6.45) is 4.64. The van der Waals surface area contributed by atoms with Crippen molar-refractivity contribution in [2.75, 3.05) is 29.6 Å². The second kappa shape index (κ2) is 11.6. The van der Waals surface area contributed by atoms with E-state index in [-0.39, 0.29) is 17.0 Å². The molecule has 1 aliphatic carbocycles. The van der Waals surface area contributed by atoms with E-state index in [1.54, 1.807) is 36.7 Å². The number of hydrogen-bond donors (Lipinski definition) is 4. The molecule has 4 aromatic rings. The maximum absolute atomic E-state index is 13.0. The van der Waals surface area contributed by atoms with E-state index in [0.29, 0.717) is 52.3 Å². The molecule has 2 aromatic heterocycles. The molecule has 0 spiro atoms. The van der Waals surface area contributed by atoms with Crippen molar-refractivity contribution in [3.05, 3.63) is 48.8 Å². The van der Waals surface area contributed by atoms with Gasteiger partial charge in [0, 0.05) is 24.3 Å². The maximum atomic E-state index is 13.0. The number of aryl methyl sites for hydroxylation is 1. The van der Waals surface area contributed by atoms with Crippen molar-refractivity contribution in [2.45, 2.75) is 56.2 Å². The number of nitrogens with one attached hydrogen (secondary N) is 3. The number of hydrogen-bond acceptors (Lipinski definition) is 10. The standard InChI is InChI=1S/C27H33N7O5S/c1-4-34-16-28-24-25(31-27(32-26(24)34)30-18-5-10-20(35)11-6-18)29-17-7-12-21(13-8-17)40(36,37)33-19-9-14-22(38-2)23(15-19)39-3/h7-9,12-16,18,20,33,35H,4-6,10-11H2,1-3H3,(H2,29,30,31,32)/t18-,20-. The Morgan fingerprint density at radius 2 is 1.68 bits per heavy atom. The lowest BCUT2D eigenvalue weighted by Crippen LogP contribution is -2.29. The Kier molecular flexibility index (Phi) is 7.94. The molecule has 2 heterocycles. The zero-order chi connectivity index (χ0) is 28.3. The summed E-state index contributed by atoms with van der Waals surface area (Å²) in [6, 6.07) is 11.3. The van der Waals surface area contributed by atoms with Crippen molar-refractivity contribution in [1.82, 2.24) is 19.5 Å². The van der Waals surface area contributed by atoms with Gasteiger partial charge in [0.2, 0.25) is 5.95 Å². The molecule has 0 amide bonds. The molecule has 212 valence electrons. The molecule has 40 heavy (non-hydrogen) atoms. The molecule has 5 rings (SSSR count). The quantitative estimate of drug-likeness (QED) is 0.220. The third-order valence-electron chi connectivity index (χ3n) is 6.90. The Labute approximate surface area is 232 Å². The van der Waals surface area contributed by atoms with Gasteiger partial charge >= 0.3 is 0 Å². The second-order valence-corrected chi connectivity index (χ2v) is 11.3. The topological polar surface area (TPSA) is 153 Å². The van der Waals surface area contributed by atoms with Gasteiger partial charge in [-0.3, -0.25) is 4.72 Å². The average Bonchev–Trinajstić information content (AvgIpc) is 3.37. The highest BCUT2D eigenvalue weighted by atomic mass is 32.2. The van der Waals surface area contributed by atoms with Gasteiger partial charge < -0.3 is 29.8 Å². The molecule has 0 atom stereocenters. The van der Waals surface area contributed by atoms with E-state index in [2.05, 4.69) is 20.3 Å². The highest BCUT2D eigenvalue weighted by Crippen LogP contribution is 2.31. The number of benzene rings is 2. The molecule has 0 unspecified atom stereocenters. The summed E-state index contributed by atoms with van der Waals surface area (Å²) in [5, 5.41) is 16.5. The largest absolute Gasteiger partial charge is 0.493 e. The molecule has 0 bridgehead atoms. The number of methoxy groups -OCH3 is 2. The fraction of sp³-hybridized carbons (Fsp3) is 0.370. The van der Waals surface area contributed by atoms with Crippen molar-refractivity contribution >= 4 is 44.3 Å². The second-order valence-electron chi connectivity index (χ2n) is 9.57. The molecule has 0 aliphatic heterocycles. The van der Waals surface area contributed by atoms with Crippen LogP contribution in [0.25, 0.3) is 11.2 Å². The number of ether oxygens (including phenoxy) is 2. The third kappa shape index (κ3) is 5.89. The summed E-state index contributed by atoms with van der Waals surface area (Å²) in [6.45, 7) is 2.71. The van der Waals surface area contributed by atoms with E-state index in [1.807, 2.05) is 11.5 Å². The van der Waals surface area contributed by atoms with E-state index in [9.17, 15) is 13.5 Å². The number of aliphatic hydroxyl groups excluding tert-OH is 1. The van der Waals surface area contributed by atoms with Gasteiger partial charge in [-0.05, 0) is 69.0 Å². The van der Waals surface area contributed by atoms with Crippen LogP contribution < -0.4 is 24.8 Å². The van der Waals surface area contributed by atoms with Crippen LogP contribution in [0.2, 0.25) is 0 Å². The highest BCUT2D eigenvalue weighted by Gasteiger charge is 2.22. The highest BCUT2D eigenvalue weighted by molar-refractivity contribution is 7.92. The molecular formula is C27H33N7O5S. The number of imidazole rings is 1. The minimum absolute atomic E-state index is 0.0952. The molecule has 12 nitrogen and oxygen atoms in total. The Morgan fingerprint density at radius 1 is 0.975 bits per heavy atom. The van der Waals surface area contributed by atoms with Gasteiger partial charge in [0.15, 0.2) is 28.5 Å². The van der Waals surface area contributed by atoms with Crippen LogP contribution in [-0.4, -0.2) is 59.4 Å². The molecule has 0 saturated heterocycles. The Bertz CT molecular complexity index is 1580. The normalized spacial score (nSPS) is 17.4. The third-order valence-corrected chi connectivity index (χ3v) is 8.29. The first-order valence-electron chi connectivity index (χ1n) is 13.1. The van der Waals surface area contributed by atoms with Crippen molar-refractivity contribution in [3.8, 4) is 11.5 Å². The molecule has 13 heteroatoms. The Balaban J connectivity index is 1.36. The fourth-order valence-corrected chi connectivity index (χ4v) is 5.75. The van der Waals surface area contributed by atoms with Gasteiger partial charge in [-0.25, -0.2) is 13.4 Å². The predicted molar refractivity (Wildman–Crippen MR) is 153 cm³/mol. The van der Waals surface area contributed by atoms with Crippen LogP contribution in [0.3, 0.4) is 0 Å². The van der Waals surface area contributed by atoms with Gasteiger partial charge in [-0.15, -0.1) is 0 Å². The van der Waals surface area contributed by atoms with Crippen molar-refractivity contribution < 1.29 is 23.0 Å². The molecule has 0 radical (unpaired) electrons. The number of aliphatic hydroxyl groups is 1. The fourth-order valence-electron chi connectivity index (χ4n) is 4.70. The summed E-state index contributed by atoms with van der Waals surface area (Å²) in [5.74, 6) is 1.90. The van der Waals surface area contributed by atoms with E-state index in [1.165, 1.54) is 26.4 Å². The van der Waals surface area contributed by atoms with Crippen LogP contribution in [-0.2, 0) is 16.6 Å². The summed E-state index contributed by atoms with van der Waals surface area (Å²) in [5.41, 5.74) is 2.29. The molecule has 1 fully saturated rings. The summed E-state index contributed by atoms with van der Waals surface area (Å²) >= 11 is 0. The van der Waals surface area contributed by atoms with Gasteiger partial charge in [0.1, 0.15) is 0 Å². The first-order valence-corrected chi connectivity index (χ1v) is 14.6. The van der Waals surface area contributed by atoms with E-state index >= 15 is 0 Å². The van der Waals surface area contributed by atoms with E-state index in [0.717, 1.165) is 25.7 Å². The molecule has 2 aromatic carbocycles. The van der Waals surface area contributed by atoms with Crippen LogP contribution >= 0.6 is 0 Å². The lowest BCUT2D eigenvalue weighted by atomic mass is 9.93. The monoisotopic (exact) mass is 567 g/mol. The Hall–Kier alpha value is -4.10. The molecule has 4 N–H and O–H groups in total. The van der Waals surface area contributed by atoms with E-state index in [4.69, 9.17) is 19.4 Å². The number of aromatic nitrogens is 4. The van der Waals surface area contributed by atoms with Crippen molar-refractivity contribution in [1.29, 1.82) is 0 Å². The number of rotatable bonds is 10. The van der Waals surface area contributed by atoms with Gasteiger partial charge in [0.05, 0.1) is 37.2 Å². The smallest absolute Gasteiger partial charge is 0.261 e. The summed E-state index contributed by atoms with van der Waals surface area (Å²) in [4.78, 5) is 14.0. The zero-order valence-corrected chi connectivity index (χ0v) is 23.4. The van der Waals surface area contributed by atoms with Crippen LogP contribution in [0.1, 0.15) is 32.6 Å². The van der Waals surface area contributed by atoms with Gasteiger partial charge in [-0.1, -0.05) is 0 Å². The number of fused-ring (bicyclic) bond motifs is 1. The van der Waals surface area contributed by atoms with E-state index < -0.39 is 10.0 Å². The minimum Gasteiger partial charge on any atom is -0.493 e. The molecule has 1 saturated carbocycles. The Morgan fingerprint density at radius 3 is 2.35 bits per heavy atom. The maximum Gasteiger partial charge on any atom is 0.261 e. The lowest BCUT2D eigenvalue weighted by molar-refractivity contribution is 0.126. The van der Waals surface area contributed by atoms with Gasteiger partial charge in [-0.2, -0.15) is 9.97 Å². The number of nitrogens with zero attached hydrogens (tertiary/aromatic N) is 4. The first-order chi connectivity index (χ1) is 19.3. The van der Waals surface area contributed by atoms with Crippen molar-refractivity contribution in [2.24, 2.45) is 0 Å². The summed E-state index contributed by atoms with van der Waals surface area (Å²) in [7, 11) is -0.853. The molecule has 1 aliphatic rings. The molecular weight excluding hydrogens is 534 g/mol. The number of sulfonamides is 1. The van der Waals surface area contributed by atoms with Crippen molar-refractivity contribution in [3.63, 3.8) is 0 Å². The minimum atomic E-state index is -3.85.